The first kappa shape index (κ1) is 20.4. The fraction of sp³-hybridized carbons (Fsp3) is 0.381. The molecule has 1 saturated heterocycles. The van der Waals surface area contributed by atoms with Crippen LogP contribution >= 0.6 is 0 Å². The van der Waals surface area contributed by atoms with Crippen LogP contribution in [0.3, 0.4) is 0 Å². The van der Waals surface area contributed by atoms with E-state index >= 15 is 0 Å². The van der Waals surface area contributed by atoms with Gasteiger partial charge in [-0.05, 0) is 38.1 Å². The van der Waals surface area contributed by atoms with Gasteiger partial charge in [0.15, 0.2) is 11.5 Å². The molecule has 3 rings (SSSR count). The van der Waals surface area contributed by atoms with E-state index in [0.29, 0.717) is 41.5 Å². The molecule has 0 bridgehead atoms. The molecular formula is C21H26N4O4. The molecule has 0 aliphatic carbocycles. The van der Waals surface area contributed by atoms with Crippen molar-refractivity contribution in [3.8, 4) is 11.5 Å². The van der Waals surface area contributed by atoms with Gasteiger partial charge < -0.3 is 25.0 Å². The molecule has 2 amide bonds. The molecule has 0 radical (unpaired) electrons. The maximum atomic E-state index is 13.3. The van der Waals surface area contributed by atoms with Gasteiger partial charge in [0.05, 0.1) is 19.8 Å². The van der Waals surface area contributed by atoms with Crippen LogP contribution < -0.4 is 15.2 Å². The first-order valence-electron chi connectivity index (χ1n) is 9.43. The second-order valence-electron chi connectivity index (χ2n) is 6.99. The lowest BCUT2D eigenvalue weighted by atomic mass is 10.0. The summed E-state index contributed by atoms with van der Waals surface area (Å²) in [6.45, 7) is 4.71. The van der Waals surface area contributed by atoms with Crippen LogP contribution in [-0.4, -0.2) is 66.0 Å². The number of nitrogens with zero attached hydrogens (tertiary/aromatic N) is 3. The molecule has 2 atom stereocenters. The fourth-order valence-electron chi connectivity index (χ4n) is 3.67. The Morgan fingerprint density at radius 1 is 1.03 bits per heavy atom. The average Bonchev–Trinajstić information content (AvgIpc) is 2.74. The minimum absolute atomic E-state index is 0.121. The highest BCUT2D eigenvalue weighted by Gasteiger charge is 2.37. The molecule has 154 valence electrons. The number of pyridine rings is 1. The maximum Gasteiger partial charge on any atom is 0.258 e. The van der Waals surface area contributed by atoms with E-state index in [1.54, 1.807) is 40.1 Å². The molecule has 8 heteroatoms. The minimum atomic E-state index is -0.185. The van der Waals surface area contributed by atoms with Crippen molar-refractivity contribution in [2.45, 2.75) is 25.9 Å². The van der Waals surface area contributed by atoms with E-state index in [-0.39, 0.29) is 23.9 Å². The smallest absolute Gasteiger partial charge is 0.258 e. The quantitative estimate of drug-likeness (QED) is 0.847. The normalized spacial score (nSPS) is 19.0. The number of ether oxygens (including phenoxy) is 2. The van der Waals surface area contributed by atoms with Crippen molar-refractivity contribution < 1.29 is 19.1 Å². The van der Waals surface area contributed by atoms with Gasteiger partial charge in [-0.25, -0.2) is 4.98 Å². The third-order valence-electron chi connectivity index (χ3n) is 5.45. The highest BCUT2D eigenvalue weighted by Crippen LogP contribution is 2.33. The highest BCUT2D eigenvalue weighted by atomic mass is 16.5. The molecule has 0 unspecified atom stereocenters. The van der Waals surface area contributed by atoms with Crippen LogP contribution in [0.25, 0.3) is 0 Å². The monoisotopic (exact) mass is 398 g/mol. The van der Waals surface area contributed by atoms with Crippen LogP contribution in [0.4, 0.5) is 5.82 Å². The van der Waals surface area contributed by atoms with Gasteiger partial charge in [-0.1, -0.05) is 6.07 Å². The number of nitrogens with two attached hydrogens (primary N) is 1. The molecular weight excluding hydrogens is 372 g/mol. The van der Waals surface area contributed by atoms with Crippen LogP contribution in [0, 0.1) is 0 Å². The molecule has 1 aromatic heterocycles. The summed E-state index contributed by atoms with van der Waals surface area (Å²) in [4.78, 5) is 33.7. The number of rotatable bonds is 4. The summed E-state index contributed by atoms with van der Waals surface area (Å²) in [6, 6.07) is 8.09. The largest absolute Gasteiger partial charge is 0.493 e. The zero-order valence-corrected chi connectivity index (χ0v) is 17.1. The van der Waals surface area contributed by atoms with Crippen LogP contribution in [0.15, 0.2) is 36.5 Å². The molecule has 1 aliphatic heterocycles. The molecule has 29 heavy (non-hydrogen) atoms. The van der Waals surface area contributed by atoms with Crippen LogP contribution in [0.2, 0.25) is 0 Å². The topological polar surface area (TPSA) is 98.0 Å². The van der Waals surface area contributed by atoms with Gasteiger partial charge in [-0.3, -0.25) is 9.59 Å². The number of piperazine rings is 1. The van der Waals surface area contributed by atoms with E-state index in [0.717, 1.165) is 0 Å². The minimum Gasteiger partial charge on any atom is -0.493 e. The van der Waals surface area contributed by atoms with E-state index in [4.69, 9.17) is 15.2 Å². The number of methoxy groups -OCH3 is 2. The Labute approximate surface area is 170 Å². The Kier molecular flexibility index (Phi) is 5.91. The molecule has 1 aliphatic rings. The summed E-state index contributed by atoms with van der Waals surface area (Å²) in [5, 5.41) is 0. The fourth-order valence-corrected chi connectivity index (χ4v) is 3.67. The number of hydrogen-bond donors (Lipinski definition) is 1. The number of nitrogen functional groups attached to an aromatic ring is 1. The zero-order valence-electron chi connectivity index (χ0n) is 17.1. The van der Waals surface area contributed by atoms with Crippen molar-refractivity contribution >= 4 is 17.6 Å². The Morgan fingerprint density at radius 2 is 1.69 bits per heavy atom. The zero-order chi connectivity index (χ0) is 21.1. The second-order valence-corrected chi connectivity index (χ2v) is 6.99. The number of carbonyl (C=O) groups is 2. The van der Waals surface area contributed by atoms with Gasteiger partial charge in [0.2, 0.25) is 0 Å². The summed E-state index contributed by atoms with van der Waals surface area (Å²) in [5.74, 6) is 0.939. The molecule has 0 saturated carbocycles. The Bertz CT molecular complexity index is 917. The van der Waals surface area contributed by atoms with E-state index in [1.165, 1.54) is 20.4 Å². The molecule has 0 spiro atoms. The van der Waals surface area contributed by atoms with Gasteiger partial charge in [0, 0.05) is 36.9 Å². The van der Waals surface area contributed by atoms with Gasteiger partial charge in [-0.15, -0.1) is 0 Å². The Morgan fingerprint density at radius 3 is 2.28 bits per heavy atom. The van der Waals surface area contributed by atoms with Crippen molar-refractivity contribution in [1.29, 1.82) is 0 Å². The maximum absolute atomic E-state index is 13.3. The third-order valence-corrected chi connectivity index (χ3v) is 5.45. The lowest BCUT2D eigenvalue weighted by Gasteiger charge is -2.45. The molecule has 1 aromatic carbocycles. The Hall–Kier alpha value is -3.29. The summed E-state index contributed by atoms with van der Waals surface area (Å²) < 4.78 is 10.7. The standard InChI is InChI=1S/C21H26N4O4/c1-13-14(2)25(21(27)16-6-5-7-17(28-3)19(16)29-4)11-10-24(13)20(26)15-8-9-23-18(22)12-15/h5-9,12-14H,10-11H2,1-4H3,(H2,22,23)/t13-,14+/m0/s1. The van der Waals surface area contributed by atoms with Gasteiger partial charge in [0.1, 0.15) is 5.82 Å². The van der Waals surface area contributed by atoms with Crippen molar-refractivity contribution in [3.05, 3.63) is 47.7 Å². The molecule has 2 N–H and O–H groups in total. The Balaban J connectivity index is 1.82. The third kappa shape index (κ3) is 3.83. The number of hydrogen-bond acceptors (Lipinski definition) is 6. The van der Waals surface area contributed by atoms with Gasteiger partial charge in [0.25, 0.3) is 11.8 Å². The van der Waals surface area contributed by atoms with Gasteiger partial charge >= 0.3 is 0 Å². The second kappa shape index (κ2) is 8.38. The van der Waals surface area contributed by atoms with Crippen LogP contribution in [-0.2, 0) is 0 Å². The van der Waals surface area contributed by atoms with Crippen molar-refractivity contribution in [2.24, 2.45) is 0 Å². The first-order chi connectivity index (χ1) is 13.9. The van der Waals surface area contributed by atoms with E-state index < -0.39 is 0 Å². The number of benzene rings is 1. The number of para-hydroxylation sites is 1. The van der Waals surface area contributed by atoms with Crippen molar-refractivity contribution in [3.63, 3.8) is 0 Å². The predicted octanol–water partition coefficient (Wildman–Crippen LogP) is 2.06. The number of anilines is 1. The SMILES string of the molecule is COc1cccc(C(=O)N2CCN(C(=O)c3ccnc(N)c3)[C@@H](C)[C@H]2C)c1OC. The highest BCUT2D eigenvalue weighted by molar-refractivity contribution is 5.99. The van der Waals surface area contributed by atoms with Crippen molar-refractivity contribution in [2.75, 3.05) is 33.0 Å². The number of carbonyl (C=O) groups excluding carboxylic acids is 2. The lowest BCUT2D eigenvalue weighted by molar-refractivity contribution is 0.0239. The van der Waals surface area contributed by atoms with E-state index in [1.807, 2.05) is 13.8 Å². The lowest BCUT2D eigenvalue weighted by Crippen LogP contribution is -2.60. The van der Waals surface area contributed by atoms with Crippen LogP contribution in [0.1, 0.15) is 34.6 Å². The van der Waals surface area contributed by atoms with Crippen molar-refractivity contribution in [1.82, 2.24) is 14.8 Å². The number of amides is 2. The summed E-state index contributed by atoms with van der Waals surface area (Å²) in [6.07, 6.45) is 1.52. The average molecular weight is 398 g/mol. The summed E-state index contributed by atoms with van der Waals surface area (Å²) in [7, 11) is 3.05. The van der Waals surface area contributed by atoms with E-state index in [9.17, 15) is 9.59 Å². The van der Waals surface area contributed by atoms with Crippen LogP contribution in [0.5, 0.6) is 11.5 Å². The summed E-state index contributed by atoms with van der Waals surface area (Å²) in [5.41, 5.74) is 6.64. The molecule has 8 nitrogen and oxygen atoms in total. The van der Waals surface area contributed by atoms with E-state index in [2.05, 4.69) is 4.98 Å². The molecule has 2 heterocycles. The molecule has 2 aromatic rings. The first-order valence-corrected chi connectivity index (χ1v) is 9.43. The summed E-state index contributed by atoms with van der Waals surface area (Å²) >= 11 is 0. The predicted molar refractivity (Wildman–Crippen MR) is 109 cm³/mol. The number of aromatic nitrogens is 1. The van der Waals surface area contributed by atoms with Gasteiger partial charge in [-0.2, -0.15) is 0 Å². The molecule has 1 fully saturated rings.